The zero-order valence-corrected chi connectivity index (χ0v) is 10.6. The van der Waals surface area contributed by atoms with Crippen molar-refractivity contribution in [2.45, 2.75) is 19.4 Å². The first-order valence-corrected chi connectivity index (χ1v) is 5.85. The van der Waals surface area contributed by atoms with Crippen LogP contribution in [-0.4, -0.2) is 57.3 Å². The van der Waals surface area contributed by atoms with Crippen molar-refractivity contribution in [2.75, 3.05) is 40.4 Å². The highest BCUT2D eigenvalue weighted by atomic mass is 16.5. The number of ether oxygens (including phenoxy) is 1. The van der Waals surface area contributed by atoms with Crippen LogP contribution in [0.2, 0.25) is 0 Å². The molecule has 1 aliphatic rings. The Morgan fingerprint density at radius 3 is 3.00 bits per heavy atom. The van der Waals surface area contributed by atoms with Crippen LogP contribution >= 0.6 is 0 Å². The first-order valence-electron chi connectivity index (χ1n) is 5.85. The minimum atomic E-state index is 0.208. The van der Waals surface area contributed by atoms with E-state index in [1.807, 2.05) is 6.92 Å². The molecule has 2 atom stereocenters. The minimum Gasteiger partial charge on any atom is -0.383 e. The molecule has 94 valence electrons. The first kappa shape index (κ1) is 13.3. The highest BCUT2D eigenvalue weighted by Crippen LogP contribution is 2.13. The molecule has 0 aliphatic carbocycles. The van der Waals surface area contributed by atoms with E-state index in [2.05, 4.69) is 22.3 Å². The fourth-order valence-electron chi connectivity index (χ4n) is 1.99. The van der Waals surface area contributed by atoms with Crippen molar-refractivity contribution >= 4 is 5.96 Å². The maximum Gasteiger partial charge on any atom is 0.188 e. The molecule has 0 bridgehead atoms. The number of aliphatic imine (C=N–C) groups is 1. The van der Waals surface area contributed by atoms with Gasteiger partial charge in [0.25, 0.3) is 0 Å². The van der Waals surface area contributed by atoms with Crippen molar-refractivity contribution in [2.24, 2.45) is 16.6 Å². The zero-order valence-electron chi connectivity index (χ0n) is 10.6. The summed E-state index contributed by atoms with van der Waals surface area (Å²) in [4.78, 5) is 6.69. The normalized spacial score (nSPS) is 24.7. The van der Waals surface area contributed by atoms with Crippen molar-refractivity contribution in [1.82, 2.24) is 10.2 Å². The molecule has 1 heterocycles. The molecule has 0 aromatic carbocycles. The summed E-state index contributed by atoms with van der Waals surface area (Å²) in [5.41, 5.74) is 5.79. The van der Waals surface area contributed by atoms with Gasteiger partial charge in [0, 0.05) is 26.2 Å². The molecule has 0 radical (unpaired) electrons. The topological polar surface area (TPSA) is 62.9 Å². The van der Waals surface area contributed by atoms with E-state index in [4.69, 9.17) is 10.5 Å². The lowest BCUT2D eigenvalue weighted by molar-refractivity contribution is 0.179. The van der Waals surface area contributed by atoms with Crippen LogP contribution in [0.25, 0.3) is 0 Å². The van der Waals surface area contributed by atoms with Crippen molar-refractivity contribution < 1.29 is 4.74 Å². The van der Waals surface area contributed by atoms with Crippen molar-refractivity contribution in [3.8, 4) is 0 Å². The fraction of sp³-hybridized carbons (Fsp3) is 0.909. The Bertz CT molecular complexity index is 232. The average Bonchev–Trinajstić information content (AvgIpc) is 2.61. The zero-order chi connectivity index (χ0) is 12.0. The van der Waals surface area contributed by atoms with E-state index >= 15 is 0 Å². The molecule has 0 aromatic heterocycles. The highest BCUT2D eigenvalue weighted by molar-refractivity contribution is 5.78. The van der Waals surface area contributed by atoms with Gasteiger partial charge in [0.05, 0.1) is 6.61 Å². The van der Waals surface area contributed by atoms with Crippen molar-refractivity contribution in [3.63, 3.8) is 0 Å². The summed E-state index contributed by atoms with van der Waals surface area (Å²) in [6, 6.07) is 0.208. The molecule has 2 unspecified atom stereocenters. The van der Waals surface area contributed by atoms with Gasteiger partial charge in [0.15, 0.2) is 5.96 Å². The Kier molecular flexibility index (Phi) is 5.55. The summed E-state index contributed by atoms with van der Waals surface area (Å²) in [6.45, 7) is 5.79. The predicted octanol–water partition coefficient (Wildman–Crippen LogP) is -0.123. The quantitative estimate of drug-likeness (QED) is 0.508. The molecule has 0 saturated carbocycles. The number of nitrogens with zero attached hydrogens (tertiary/aromatic N) is 2. The largest absolute Gasteiger partial charge is 0.383 e. The van der Waals surface area contributed by atoms with E-state index in [-0.39, 0.29) is 6.04 Å². The molecule has 1 aliphatic heterocycles. The van der Waals surface area contributed by atoms with Gasteiger partial charge in [0.1, 0.15) is 0 Å². The Balaban J connectivity index is 2.22. The molecule has 1 saturated heterocycles. The van der Waals surface area contributed by atoms with Crippen LogP contribution in [0.4, 0.5) is 0 Å². The van der Waals surface area contributed by atoms with Gasteiger partial charge in [-0.2, -0.15) is 0 Å². The van der Waals surface area contributed by atoms with Crippen LogP contribution in [0.3, 0.4) is 0 Å². The molecular formula is C11H24N4O. The lowest BCUT2D eigenvalue weighted by Crippen LogP contribution is -2.41. The van der Waals surface area contributed by atoms with Crippen LogP contribution in [0.15, 0.2) is 4.99 Å². The van der Waals surface area contributed by atoms with Crippen LogP contribution in [-0.2, 0) is 4.74 Å². The lowest BCUT2D eigenvalue weighted by Gasteiger charge is -2.14. The summed E-state index contributed by atoms with van der Waals surface area (Å²) >= 11 is 0. The second kappa shape index (κ2) is 6.70. The summed E-state index contributed by atoms with van der Waals surface area (Å²) in [6.07, 6.45) is 1.22. The van der Waals surface area contributed by atoms with Gasteiger partial charge in [0.2, 0.25) is 0 Å². The van der Waals surface area contributed by atoms with E-state index in [0.29, 0.717) is 18.5 Å². The maximum absolute atomic E-state index is 5.79. The van der Waals surface area contributed by atoms with Crippen molar-refractivity contribution in [1.29, 1.82) is 0 Å². The Hall–Kier alpha value is -0.810. The molecule has 5 heteroatoms. The number of guanidine groups is 1. The minimum absolute atomic E-state index is 0.208. The third kappa shape index (κ3) is 4.81. The number of hydrogen-bond acceptors (Lipinski definition) is 3. The van der Waals surface area contributed by atoms with E-state index in [1.54, 1.807) is 7.11 Å². The predicted molar refractivity (Wildman–Crippen MR) is 66.6 cm³/mol. The number of methoxy groups -OCH3 is 1. The molecule has 0 aromatic rings. The van der Waals surface area contributed by atoms with E-state index in [0.717, 1.165) is 13.1 Å². The standard InChI is InChI=1S/C11H24N4O/c1-9(8-16-3)14-11(12)13-6-10-4-5-15(2)7-10/h9-10H,4-8H2,1-3H3,(H3,12,13,14). The van der Waals surface area contributed by atoms with E-state index in [1.165, 1.54) is 13.0 Å². The first-order chi connectivity index (χ1) is 7.61. The molecule has 16 heavy (non-hydrogen) atoms. The van der Waals surface area contributed by atoms with Gasteiger partial charge < -0.3 is 20.7 Å². The van der Waals surface area contributed by atoms with E-state index in [9.17, 15) is 0 Å². The Morgan fingerprint density at radius 2 is 2.44 bits per heavy atom. The molecule has 1 fully saturated rings. The number of likely N-dealkylation sites (tertiary alicyclic amines) is 1. The SMILES string of the molecule is COCC(C)NC(N)=NCC1CCN(C)C1. The third-order valence-corrected chi connectivity index (χ3v) is 2.82. The molecule has 3 N–H and O–H groups in total. The molecule has 5 nitrogen and oxygen atoms in total. The Labute approximate surface area is 98.0 Å². The summed E-state index contributed by atoms with van der Waals surface area (Å²) in [7, 11) is 3.83. The average molecular weight is 228 g/mol. The molecular weight excluding hydrogens is 204 g/mol. The highest BCUT2D eigenvalue weighted by Gasteiger charge is 2.18. The monoisotopic (exact) mass is 228 g/mol. The van der Waals surface area contributed by atoms with Crippen LogP contribution in [0.1, 0.15) is 13.3 Å². The lowest BCUT2D eigenvalue weighted by atomic mass is 10.1. The van der Waals surface area contributed by atoms with Gasteiger partial charge in [-0.05, 0) is 32.9 Å². The number of nitrogens with one attached hydrogen (secondary N) is 1. The maximum atomic E-state index is 5.79. The second-order valence-corrected chi connectivity index (χ2v) is 4.64. The summed E-state index contributed by atoms with van der Waals surface area (Å²) < 4.78 is 5.02. The number of rotatable bonds is 5. The van der Waals surface area contributed by atoms with Crippen LogP contribution < -0.4 is 11.1 Å². The van der Waals surface area contributed by atoms with Gasteiger partial charge in [-0.3, -0.25) is 4.99 Å². The third-order valence-electron chi connectivity index (χ3n) is 2.82. The molecule has 0 amide bonds. The summed E-state index contributed by atoms with van der Waals surface area (Å²) in [5.74, 6) is 1.18. The molecule has 0 spiro atoms. The van der Waals surface area contributed by atoms with Gasteiger partial charge >= 0.3 is 0 Å². The van der Waals surface area contributed by atoms with Crippen molar-refractivity contribution in [3.05, 3.63) is 0 Å². The van der Waals surface area contributed by atoms with Gasteiger partial charge in [-0.1, -0.05) is 0 Å². The fourth-order valence-corrected chi connectivity index (χ4v) is 1.99. The van der Waals surface area contributed by atoms with E-state index < -0.39 is 0 Å². The number of nitrogens with two attached hydrogens (primary N) is 1. The summed E-state index contributed by atoms with van der Waals surface area (Å²) in [5, 5.41) is 3.11. The molecule has 1 rings (SSSR count). The van der Waals surface area contributed by atoms with Crippen LogP contribution in [0.5, 0.6) is 0 Å². The van der Waals surface area contributed by atoms with Gasteiger partial charge in [-0.15, -0.1) is 0 Å². The smallest absolute Gasteiger partial charge is 0.188 e. The van der Waals surface area contributed by atoms with Gasteiger partial charge in [-0.25, -0.2) is 0 Å². The number of hydrogen-bond donors (Lipinski definition) is 2. The Morgan fingerprint density at radius 1 is 1.69 bits per heavy atom. The van der Waals surface area contributed by atoms with Crippen LogP contribution in [0, 0.1) is 5.92 Å². The second-order valence-electron chi connectivity index (χ2n) is 4.64.